The van der Waals surface area contributed by atoms with E-state index in [1.165, 1.54) is 0 Å². The van der Waals surface area contributed by atoms with Crippen molar-refractivity contribution in [2.45, 2.75) is 75.5 Å². The maximum atomic E-state index is 14.2. The van der Waals surface area contributed by atoms with E-state index < -0.39 is 39.3 Å². The minimum absolute atomic E-state index is 0.0669. The SMILES string of the molecule is CCC(NC(=O)C1(NS(=O)(=O)Cc2ccccc2)C[C@@H]1c1cccc(CNC(=O)Cc2cccc(CC(=O)NCc3ccccc3)c2)c1)C(=O)NCc1ccc(C(=N)N)cc1. The van der Waals surface area contributed by atoms with Crippen LogP contribution >= 0.6 is 0 Å². The first kappa shape index (κ1) is 43.9. The zero-order chi connectivity index (χ0) is 43.4. The number of benzene rings is 5. The Morgan fingerprint density at radius 2 is 1.20 bits per heavy atom. The number of amides is 4. The molecule has 0 aliphatic heterocycles. The summed E-state index contributed by atoms with van der Waals surface area (Å²) >= 11 is 0. The van der Waals surface area contributed by atoms with E-state index in [0.29, 0.717) is 23.2 Å². The van der Waals surface area contributed by atoms with Crippen LogP contribution in [-0.2, 0) is 67.4 Å². The van der Waals surface area contributed by atoms with Crippen molar-refractivity contribution in [2.24, 2.45) is 5.73 Å². The molecule has 0 heterocycles. The Morgan fingerprint density at radius 1 is 0.672 bits per heavy atom. The summed E-state index contributed by atoms with van der Waals surface area (Å²) in [6.07, 6.45) is 0.696. The molecule has 2 unspecified atom stereocenters. The summed E-state index contributed by atoms with van der Waals surface area (Å²) in [6, 6.07) is 38.9. The summed E-state index contributed by atoms with van der Waals surface area (Å²) in [5, 5.41) is 19.1. The zero-order valence-electron chi connectivity index (χ0n) is 33.9. The van der Waals surface area contributed by atoms with Crippen molar-refractivity contribution >= 4 is 39.5 Å². The third-order valence-corrected chi connectivity index (χ3v) is 11.9. The van der Waals surface area contributed by atoms with E-state index in [2.05, 4.69) is 26.0 Å². The number of sulfonamides is 1. The number of hydrogen-bond donors (Lipinski definition) is 7. The molecule has 5 aromatic rings. The van der Waals surface area contributed by atoms with Gasteiger partial charge in [-0.1, -0.05) is 140 Å². The second kappa shape index (κ2) is 20.1. The van der Waals surface area contributed by atoms with E-state index >= 15 is 0 Å². The van der Waals surface area contributed by atoms with Crippen LogP contribution in [0, 0.1) is 5.41 Å². The Hall–Kier alpha value is -6.64. The standard InChI is InChI=1S/C47H51N7O6S/c1-2-41(45(57)52-29-33-19-21-38(22-20-33)44(48)49)53-46(58)47(54-61(59,60)31-34-13-7-4-8-14-34)27-40(47)39-18-10-17-37(24-39)30-51-43(56)26-36-16-9-15-35(23-36)25-42(55)50-28-32-11-5-3-6-12-32/h3-24,40-41,54H,2,25-31H2,1H3,(H3,48,49)(H,50,55)(H,51,56)(H,52,57)(H,53,58)/t40-,41?,47?/m1/s1. The van der Waals surface area contributed by atoms with Crippen molar-refractivity contribution in [3.8, 4) is 0 Å². The lowest BCUT2D eigenvalue weighted by molar-refractivity contribution is -0.130. The predicted molar refractivity (Wildman–Crippen MR) is 234 cm³/mol. The van der Waals surface area contributed by atoms with Gasteiger partial charge in [-0.05, 0) is 51.8 Å². The van der Waals surface area contributed by atoms with E-state index in [1.54, 1.807) is 67.6 Å². The number of nitrogens with one attached hydrogen (secondary N) is 6. The van der Waals surface area contributed by atoms with Gasteiger partial charge in [0.05, 0.1) is 18.6 Å². The summed E-state index contributed by atoms with van der Waals surface area (Å²) in [5.74, 6) is -2.35. The van der Waals surface area contributed by atoms with Crippen molar-refractivity contribution < 1.29 is 27.6 Å². The average molecular weight is 842 g/mol. The molecular weight excluding hydrogens is 791 g/mol. The van der Waals surface area contributed by atoms with Gasteiger partial charge in [0.15, 0.2) is 0 Å². The second-order valence-electron chi connectivity index (χ2n) is 15.3. The Balaban J connectivity index is 1.09. The lowest BCUT2D eigenvalue weighted by Gasteiger charge is -2.23. The number of carbonyl (C=O) groups excluding carboxylic acids is 4. The lowest BCUT2D eigenvalue weighted by atomic mass is 10.0. The van der Waals surface area contributed by atoms with Crippen LogP contribution in [0.3, 0.4) is 0 Å². The van der Waals surface area contributed by atoms with Gasteiger partial charge >= 0.3 is 0 Å². The van der Waals surface area contributed by atoms with Crippen molar-refractivity contribution in [3.63, 3.8) is 0 Å². The van der Waals surface area contributed by atoms with Crippen LogP contribution in [0.2, 0.25) is 0 Å². The number of nitrogens with two attached hydrogens (primary N) is 1. The minimum atomic E-state index is -4.04. The number of amidine groups is 1. The van der Waals surface area contributed by atoms with Crippen LogP contribution in [0.15, 0.2) is 133 Å². The molecule has 14 heteroatoms. The van der Waals surface area contributed by atoms with Gasteiger partial charge in [0, 0.05) is 31.1 Å². The molecule has 0 bridgehead atoms. The quantitative estimate of drug-likeness (QED) is 0.0447. The molecule has 1 fully saturated rings. The van der Waals surface area contributed by atoms with Crippen molar-refractivity contribution in [1.29, 1.82) is 5.41 Å². The molecule has 8 N–H and O–H groups in total. The van der Waals surface area contributed by atoms with E-state index in [9.17, 15) is 27.6 Å². The zero-order valence-corrected chi connectivity index (χ0v) is 34.8. The van der Waals surface area contributed by atoms with E-state index in [-0.39, 0.29) is 62.2 Å². The van der Waals surface area contributed by atoms with Crippen molar-refractivity contribution in [2.75, 3.05) is 0 Å². The molecule has 0 radical (unpaired) electrons. The van der Waals surface area contributed by atoms with E-state index in [0.717, 1.165) is 27.8 Å². The first-order valence-electron chi connectivity index (χ1n) is 20.1. The normalized spacial score (nSPS) is 16.1. The Labute approximate surface area is 356 Å². The number of rotatable bonds is 20. The van der Waals surface area contributed by atoms with Gasteiger partial charge in [-0.25, -0.2) is 8.42 Å². The largest absolute Gasteiger partial charge is 0.384 e. The van der Waals surface area contributed by atoms with E-state index in [4.69, 9.17) is 11.1 Å². The minimum Gasteiger partial charge on any atom is -0.384 e. The molecule has 1 aliphatic rings. The molecule has 6 rings (SSSR count). The predicted octanol–water partition coefficient (Wildman–Crippen LogP) is 4.25. The van der Waals surface area contributed by atoms with Gasteiger partial charge < -0.3 is 27.0 Å². The van der Waals surface area contributed by atoms with Crippen LogP contribution in [0.25, 0.3) is 0 Å². The molecule has 13 nitrogen and oxygen atoms in total. The Bertz CT molecular complexity index is 2460. The first-order chi connectivity index (χ1) is 29.3. The topological polar surface area (TPSA) is 212 Å². The smallest absolute Gasteiger partial charge is 0.242 e. The molecule has 5 aromatic carbocycles. The second-order valence-corrected chi connectivity index (χ2v) is 17.0. The maximum absolute atomic E-state index is 14.2. The molecule has 1 saturated carbocycles. The summed E-state index contributed by atoms with van der Waals surface area (Å²) in [5.41, 5.74) is 9.89. The van der Waals surface area contributed by atoms with Crippen LogP contribution in [0.4, 0.5) is 0 Å². The highest BCUT2D eigenvalue weighted by Gasteiger charge is 2.63. The molecule has 1 aliphatic carbocycles. The maximum Gasteiger partial charge on any atom is 0.242 e. The van der Waals surface area contributed by atoms with Gasteiger partial charge in [-0.3, -0.25) is 24.6 Å². The molecular formula is C47H51N7O6S. The van der Waals surface area contributed by atoms with Gasteiger partial charge in [0.1, 0.15) is 17.4 Å². The van der Waals surface area contributed by atoms with Gasteiger partial charge in [0.2, 0.25) is 33.7 Å². The molecule has 61 heavy (non-hydrogen) atoms. The van der Waals surface area contributed by atoms with Gasteiger partial charge in [-0.15, -0.1) is 0 Å². The first-order valence-corrected chi connectivity index (χ1v) is 21.8. The van der Waals surface area contributed by atoms with Crippen LogP contribution < -0.4 is 31.7 Å². The van der Waals surface area contributed by atoms with Crippen molar-refractivity contribution in [1.82, 2.24) is 26.0 Å². The van der Waals surface area contributed by atoms with Crippen LogP contribution in [0.1, 0.15) is 70.2 Å². The number of hydrogen-bond acceptors (Lipinski definition) is 7. The summed E-state index contributed by atoms with van der Waals surface area (Å²) < 4.78 is 30.0. The highest BCUT2D eigenvalue weighted by molar-refractivity contribution is 7.88. The molecule has 3 atom stereocenters. The average Bonchev–Trinajstić information content (AvgIpc) is 3.98. The Kier molecular flexibility index (Phi) is 14.5. The molecule has 0 spiro atoms. The van der Waals surface area contributed by atoms with Crippen LogP contribution in [0.5, 0.6) is 0 Å². The highest BCUT2D eigenvalue weighted by atomic mass is 32.2. The van der Waals surface area contributed by atoms with Gasteiger partial charge in [0.25, 0.3) is 0 Å². The van der Waals surface area contributed by atoms with Crippen LogP contribution in [-0.4, -0.2) is 49.5 Å². The third kappa shape index (κ3) is 12.4. The highest BCUT2D eigenvalue weighted by Crippen LogP contribution is 2.52. The third-order valence-electron chi connectivity index (χ3n) is 10.6. The fraction of sp³-hybridized carbons (Fsp3) is 0.255. The molecule has 0 saturated heterocycles. The Morgan fingerprint density at radius 3 is 1.80 bits per heavy atom. The molecule has 316 valence electrons. The molecule has 4 amide bonds. The monoisotopic (exact) mass is 841 g/mol. The van der Waals surface area contributed by atoms with Gasteiger partial charge in [-0.2, -0.15) is 4.72 Å². The lowest BCUT2D eigenvalue weighted by Crippen LogP contribution is -2.55. The number of carbonyl (C=O) groups is 4. The van der Waals surface area contributed by atoms with Crippen molar-refractivity contribution in [3.05, 3.63) is 178 Å². The summed E-state index contributed by atoms with van der Waals surface area (Å²) in [4.78, 5) is 53.2. The van der Waals surface area contributed by atoms with E-state index in [1.807, 2.05) is 72.8 Å². The molecule has 0 aromatic heterocycles. The summed E-state index contributed by atoms with van der Waals surface area (Å²) in [7, 11) is -4.04. The number of nitrogen functional groups attached to an aromatic ring is 1. The summed E-state index contributed by atoms with van der Waals surface area (Å²) in [6.45, 7) is 2.55. The fourth-order valence-corrected chi connectivity index (χ4v) is 8.78. The fourth-order valence-electron chi connectivity index (χ4n) is 7.20.